The smallest absolute Gasteiger partial charge is 0.339 e. The van der Waals surface area contributed by atoms with Crippen molar-refractivity contribution in [3.8, 4) is 11.3 Å². The van der Waals surface area contributed by atoms with E-state index in [2.05, 4.69) is 18.1 Å². The van der Waals surface area contributed by atoms with Crippen LogP contribution in [0.2, 0.25) is 0 Å². The molecule has 0 bridgehead atoms. The fourth-order valence-corrected chi connectivity index (χ4v) is 2.45. The zero-order valence-electron chi connectivity index (χ0n) is 11.3. The van der Waals surface area contributed by atoms with Crippen LogP contribution in [-0.2, 0) is 7.05 Å². The van der Waals surface area contributed by atoms with Gasteiger partial charge in [0.1, 0.15) is 5.56 Å². The van der Waals surface area contributed by atoms with E-state index in [1.54, 1.807) is 11.7 Å². The SMILES string of the molecule is Cc1ccc2cc(-c3c(C(=O)O)cnn3C)ccc2c1. The van der Waals surface area contributed by atoms with Crippen molar-refractivity contribution in [3.05, 3.63) is 53.7 Å². The van der Waals surface area contributed by atoms with Crippen molar-refractivity contribution < 1.29 is 9.90 Å². The minimum atomic E-state index is -0.961. The molecule has 3 rings (SSSR count). The molecular formula is C16H14N2O2. The summed E-state index contributed by atoms with van der Waals surface area (Å²) in [6.45, 7) is 2.05. The molecule has 0 amide bonds. The fourth-order valence-electron chi connectivity index (χ4n) is 2.45. The number of rotatable bonds is 2. The summed E-state index contributed by atoms with van der Waals surface area (Å²) in [7, 11) is 1.75. The molecule has 20 heavy (non-hydrogen) atoms. The highest BCUT2D eigenvalue weighted by atomic mass is 16.4. The van der Waals surface area contributed by atoms with Crippen molar-refractivity contribution >= 4 is 16.7 Å². The predicted molar refractivity (Wildman–Crippen MR) is 77.8 cm³/mol. The van der Waals surface area contributed by atoms with Gasteiger partial charge < -0.3 is 5.11 Å². The van der Waals surface area contributed by atoms with E-state index in [-0.39, 0.29) is 5.56 Å². The number of carbonyl (C=O) groups is 1. The number of aryl methyl sites for hydroxylation is 2. The van der Waals surface area contributed by atoms with Crippen LogP contribution >= 0.6 is 0 Å². The Morgan fingerprint density at radius 1 is 1.15 bits per heavy atom. The van der Waals surface area contributed by atoms with E-state index in [9.17, 15) is 9.90 Å². The molecule has 4 nitrogen and oxygen atoms in total. The van der Waals surface area contributed by atoms with Gasteiger partial charge in [-0.15, -0.1) is 0 Å². The van der Waals surface area contributed by atoms with E-state index in [0.29, 0.717) is 5.69 Å². The molecular weight excluding hydrogens is 252 g/mol. The van der Waals surface area contributed by atoms with Gasteiger partial charge in [0, 0.05) is 12.6 Å². The van der Waals surface area contributed by atoms with Gasteiger partial charge in [0.05, 0.1) is 11.9 Å². The molecule has 0 aliphatic rings. The Morgan fingerprint density at radius 2 is 1.85 bits per heavy atom. The number of fused-ring (bicyclic) bond motifs is 1. The van der Waals surface area contributed by atoms with Crippen molar-refractivity contribution in [1.29, 1.82) is 0 Å². The number of benzene rings is 2. The summed E-state index contributed by atoms with van der Waals surface area (Å²) in [6.07, 6.45) is 1.39. The van der Waals surface area contributed by atoms with Gasteiger partial charge in [-0.25, -0.2) is 4.79 Å². The van der Waals surface area contributed by atoms with Crippen LogP contribution in [0.4, 0.5) is 0 Å². The van der Waals surface area contributed by atoms with E-state index >= 15 is 0 Å². The number of aromatic nitrogens is 2. The molecule has 4 heteroatoms. The van der Waals surface area contributed by atoms with Crippen molar-refractivity contribution in [2.45, 2.75) is 6.92 Å². The molecule has 100 valence electrons. The van der Waals surface area contributed by atoms with E-state index in [1.807, 2.05) is 30.3 Å². The number of nitrogens with zero attached hydrogens (tertiary/aromatic N) is 2. The highest BCUT2D eigenvalue weighted by Crippen LogP contribution is 2.27. The molecule has 2 aromatic carbocycles. The summed E-state index contributed by atoms with van der Waals surface area (Å²) in [5, 5.41) is 15.5. The molecule has 0 radical (unpaired) electrons. The third-order valence-electron chi connectivity index (χ3n) is 3.44. The maximum Gasteiger partial charge on any atom is 0.339 e. The number of aromatic carboxylic acids is 1. The van der Waals surface area contributed by atoms with Crippen LogP contribution in [0.25, 0.3) is 22.0 Å². The monoisotopic (exact) mass is 266 g/mol. The Labute approximate surface area is 116 Å². The van der Waals surface area contributed by atoms with Crippen molar-refractivity contribution in [1.82, 2.24) is 9.78 Å². The Bertz CT molecular complexity index is 818. The van der Waals surface area contributed by atoms with E-state index in [0.717, 1.165) is 16.3 Å². The third-order valence-corrected chi connectivity index (χ3v) is 3.44. The Hall–Kier alpha value is -2.62. The standard InChI is InChI=1S/C16H14N2O2/c1-10-3-4-12-8-13(6-5-11(12)7-10)15-14(16(19)20)9-17-18(15)2/h3-9H,1-2H3,(H,19,20). The van der Waals surface area contributed by atoms with Crippen LogP contribution in [-0.4, -0.2) is 20.9 Å². The van der Waals surface area contributed by atoms with Crippen molar-refractivity contribution in [2.75, 3.05) is 0 Å². The molecule has 3 aromatic rings. The molecule has 1 heterocycles. The summed E-state index contributed by atoms with van der Waals surface area (Å²) < 4.78 is 1.60. The first-order valence-electron chi connectivity index (χ1n) is 6.32. The highest BCUT2D eigenvalue weighted by Gasteiger charge is 2.16. The van der Waals surface area contributed by atoms with Gasteiger partial charge in [-0.1, -0.05) is 35.9 Å². The molecule has 1 N–H and O–H groups in total. The second-order valence-corrected chi connectivity index (χ2v) is 4.90. The second-order valence-electron chi connectivity index (χ2n) is 4.90. The van der Waals surface area contributed by atoms with Gasteiger partial charge in [-0.3, -0.25) is 4.68 Å². The average Bonchev–Trinajstić information content (AvgIpc) is 2.80. The zero-order valence-corrected chi connectivity index (χ0v) is 11.3. The van der Waals surface area contributed by atoms with Crippen molar-refractivity contribution in [2.24, 2.45) is 7.05 Å². The lowest BCUT2D eigenvalue weighted by Crippen LogP contribution is -2.00. The zero-order chi connectivity index (χ0) is 14.3. The second kappa shape index (κ2) is 4.49. The molecule has 0 saturated carbocycles. The van der Waals surface area contributed by atoms with E-state index < -0.39 is 5.97 Å². The van der Waals surface area contributed by atoms with Crippen LogP contribution in [0.15, 0.2) is 42.6 Å². The first kappa shape index (κ1) is 12.4. The number of hydrogen-bond acceptors (Lipinski definition) is 2. The topological polar surface area (TPSA) is 55.1 Å². The third kappa shape index (κ3) is 1.95. The van der Waals surface area contributed by atoms with Crippen LogP contribution in [0.5, 0.6) is 0 Å². The normalized spacial score (nSPS) is 10.9. The van der Waals surface area contributed by atoms with Gasteiger partial charge in [-0.2, -0.15) is 5.10 Å². The molecule has 0 spiro atoms. The molecule has 0 aliphatic heterocycles. The summed E-state index contributed by atoms with van der Waals surface area (Å²) in [5.41, 5.74) is 2.91. The molecule has 0 unspecified atom stereocenters. The number of hydrogen-bond donors (Lipinski definition) is 1. The van der Waals surface area contributed by atoms with E-state index in [1.165, 1.54) is 11.8 Å². The molecule has 0 aliphatic carbocycles. The van der Waals surface area contributed by atoms with Gasteiger partial charge in [0.2, 0.25) is 0 Å². The highest BCUT2D eigenvalue weighted by molar-refractivity contribution is 5.96. The number of carboxylic acids is 1. The van der Waals surface area contributed by atoms with Crippen molar-refractivity contribution in [3.63, 3.8) is 0 Å². The molecule has 0 atom stereocenters. The molecule has 0 fully saturated rings. The minimum Gasteiger partial charge on any atom is -0.478 e. The van der Waals surface area contributed by atoms with Crippen LogP contribution in [0.3, 0.4) is 0 Å². The summed E-state index contributed by atoms with van der Waals surface area (Å²) in [6, 6.07) is 12.2. The Morgan fingerprint density at radius 3 is 2.60 bits per heavy atom. The average molecular weight is 266 g/mol. The maximum atomic E-state index is 11.3. The maximum absolute atomic E-state index is 11.3. The molecule has 1 aromatic heterocycles. The Kier molecular flexibility index (Phi) is 2.79. The first-order chi connectivity index (χ1) is 9.56. The summed E-state index contributed by atoms with van der Waals surface area (Å²) in [4.78, 5) is 11.3. The van der Waals surface area contributed by atoms with Gasteiger partial charge in [0.15, 0.2) is 0 Å². The Balaban J connectivity index is 2.22. The number of carboxylic acid groups (broad SMARTS) is 1. The van der Waals surface area contributed by atoms with Gasteiger partial charge in [-0.05, 0) is 23.8 Å². The minimum absolute atomic E-state index is 0.221. The lowest BCUT2D eigenvalue weighted by molar-refractivity contribution is 0.0697. The van der Waals surface area contributed by atoms with Crippen LogP contribution in [0.1, 0.15) is 15.9 Å². The lowest BCUT2D eigenvalue weighted by Gasteiger charge is -2.07. The fraction of sp³-hybridized carbons (Fsp3) is 0.125. The quantitative estimate of drug-likeness (QED) is 0.774. The molecule has 0 saturated heterocycles. The van der Waals surface area contributed by atoms with Gasteiger partial charge >= 0.3 is 5.97 Å². The summed E-state index contributed by atoms with van der Waals surface area (Å²) in [5.74, 6) is -0.961. The lowest BCUT2D eigenvalue weighted by atomic mass is 10.0. The first-order valence-corrected chi connectivity index (χ1v) is 6.32. The van der Waals surface area contributed by atoms with Crippen LogP contribution in [0, 0.1) is 6.92 Å². The predicted octanol–water partition coefficient (Wildman–Crippen LogP) is 3.25. The van der Waals surface area contributed by atoms with Crippen LogP contribution < -0.4 is 0 Å². The van der Waals surface area contributed by atoms with E-state index in [4.69, 9.17) is 0 Å². The summed E-state index contributed by atoms with van der Waals surface area (Å²) >= 11 is 0. The van der Waals surface area contributed by atoms with Gasteiger partial charge in [0.25, 0.3) is 0 Å². The largest absolute Gasteiger partial charge is 0.478 e.